The molecule has 13 heteroatoms. The molecule has 0 unspecified atom stereocenters. The predicted molar refractivity (Wildman–Crippen MR) is 190 cm³/mol. The molecule has 0 aromatic heterocycles. The van der Waals surface area contributed by atoms with E-state index < -0.39 is 44.6 Å². The second-order valence-corrected chi connectivity index (χ2v) is 12.5. The summed E-state index contributed by atoms with van der Waals surface area (Å²) in [6.45, 7) is 2.72. The topological polar surface area (TPSA) is 166 Å². The van der Waals surface area contributed by atoms with Crippen LogP contribution in [0.5, 0.6) is 34.5 Å². The molecule has 1 fully saturated rings. The number of amides is 2. The van der Waals surface area contributed by atoms with Crippen LogP contribution in [0.25, 0.3) is 0 Å². The van der Waals surface area contributed by atoms with Gasteiger partial charge >= 0.3 is 0 Å². The van der Waals surface area contributed by atoms with E-state index >= 15 is 0 Å². The minimum absolute atomic E-state index is 0.0610. The van der Waals surface area contributed by atoms with Crippen LogP contribution in [0.15, 0.2) is 66.7 Å². The quantitative estimate of drug-likeness (QED) is 0.0513. The van der Waals surface area contributed by atoms with Gasteiger partial charge in [0.05, 0.1) is 19.0 Å². The Labute approximate surface area is 294 Å². The average molecular weight is 693 g/mol. The lowest BCUT2D eigenvalue weighted by Gasteiger charge is -2.24. The molecule has 2 radical (unpaired) electrons. The molecule has 2 amide bonds. The van der Waals surface area contributed by atoms with E-state index in [-0.39, 0.29) is 18.2 Å². The Morgan fingerprint density at radius 1 is 0.980 bits per heavy atom. The van der Waals surface area contributed by atoms with Crippen LogP contribution in [0.1, 0.15) is 51.3 Å². The Kier molecular flexibility index (Phi) is 11.1. The van der Waals surface area contributed by atoms with Crippen molar-refractivity contribution in [3.05, 3.63) is 94.5 Å². The van der Waals surface area contributed by atoms with Crippen molar-refractivity contribution in [2.24, 2.45) is 0 Å². The maximum absolute atomic E-state index is 13.8. The lowest BCUT2D eigenvalue weighted by molar-refractivity contribution is -0.124. The molecule has 4 aromatic rings. The molecule has 5 N–H and O–H groups in total. The van der Waals surface area contributed by atoms with Gasteiger partial charge in [0.2, 0.25) is 11.8 Å². The highest BCUT2D eigenvalue weighted by Gasteiger charge is 2.42. The van der Waals surface area contributed by atoms with Crippen LogP contribution in [-0.4, -0.2) is 71.9 Å². The molecule has 4 aromatic carbocycles. The summed E-state index contributed by atoms with van der Waals surface area (Å²) < 4.78 is 11.0. The van der Waals surface area contributed by atoms with Crippen LogP contribution in [0.3, 0.4) is 0 Å². The Balaban J connectivity index is 1.32. The first kappa shape index (κ1) is 35.6. The molecule has 11 nitrogen and oxygen atoms in total. The molecule has 5 rings (SSSR count). The number of hydrogen-bond donors (Lipinski definition) is 5. The molecule has 0 saturated carbocycles. The lowest BCUT2D eigenvalue weighted by Crippen LogP contribution is -2.34. The van der Waals surface area contributed by atoms with Gasteiger partial charge in [-0.2, -0.15) is 0 Å². The number of nitrogens with zero attached hydrogens (tertiary/aromatic N) is 1. The third kappa shape index (κ3) is 7.61. The number of phenols is 4. The Morgan fingerprint density at radius 3 is 2.36 bits per heavy atom. The van der Waals surface area contributed by atoms with Crippen LogP contribution in [0.4, 0.5) is 5.69 Å². The zero-order chi connectivity index (χ0) is 35.9. The van der Waals surface area contributed by atoms with Crippen molar-refractivity contribution in [2.75, 3.05) is 25.2 Å². The van der Waals surface area contributed by atoms with Gasteiger partial charge in [0.25, 0.3) is 0 Å². The van der Waals surface area contributed by atoms with Gasteiger partial charge in [-0.3, -0.25) is 19.3 Å². The maximum atomic E-state index is 13.8. The fourth-order valence-corrected chi connectivity index (χ4v) is 6.80. The molecule has 1 aliphatic heterocycles. The van der Waals surface area contributed by atoms with Gasteiger partial charge < -0.3 is 35.2 Å². The fraction of sp³-hybridized carbons (Fsp3) is 0.216. The number of phenolic OH excluding ortho intramolecular Hbond substituents is 4. The number of aldehydes is 1. The molecular formula is C37H33BN2O9S. The van der Waals surface area contributed by atoms with Crippen LogP contribution in [0.2, 0.25) is 0 Å². The van der Waals surface area contributed by atoms with Crippen molar-refractivity contribution in [2.45, 2.75) is 30.4 Å². The van der Waals surface area contributed by atoms with E-state index in [1.165, 1.54) is 11.8 Å². The summed E-state index contributed by atoms with van der Waals surface area (Å²) in [6.07, 6.45) is 1.18. The molecule has 1 aliphatic rings. The second kappa shape index (κ2) is 15.7. The highest BCUT2D eigenvalue weighted by molar-refractivity contribution is 8.01. The number of aromatic hydroxyl groups is 4. The summed E-state index contributed by atoms with van der Waals surface area (Å²) in [5.41, 5.74) is 2.03. The SMILES string of the molecule is [B]c1c(O)c(O)c(C#Cc2ccc([C@@H]3S[C@H](CC(=O)NCCc4ccc(OC)c(OCC)c4)C(=O)N3c3cccc(C=O)c3)cc2)c(O)c1O. The van der Waals surface area contributed by atoms with Gasteiger partial charge in [-0.25, -0.2) is 0 Å². The first-order valence-corrected chi connectivity index (χ1v) is 16.5. The van der Waals surface area contributed by atoms with Crippen molar-refractivity contribution < 1.29 is 44.3 Å². The molecule has 0 bridgehead atoms. The molecule has 0 aliphatic carbocycles. The third-order valence-electron chi connectivity index (χ3n) is 7.92. The number of carbonyl (C=O) groups excluding carboxylic acids is 3. The van der Waals surface area contributed by atoms with E-state index in [4.69, 9.17) is 17.3 Å². The summed E-state index contributed by atoms with van der Waals surface area (Å²) in [5, 5.41) is 41.9. The number of ether oxygens (including phenoxy) is 2. The Hall–Kier alpha value is -5.74. The fourth-order valence-electron chi connectivity index (χ4n) is 5.35. The molecule has 254 valence electrons. The van der Waals surface area contributed by atoms with Crippen molar-refractivity contribution in [1.82, 2.24) is 5.32 Å². The van der Waals surface area contributed by atoms with E-state index in [1.54, 1.807) is 60.5 Å². The number of rotatable bonds is 11. The summed E-state index contributed by atoms with van der Waals surface area (Å²) >= 11 is 1.31. The van der Waals surface area contributed by atoms with Gasteiger partial charge in [0.15, 0.2) is 34.5 Å². The number of carbonyl (C=O) groups is 3. The minimum atomic E-state index is -0.807. The molecule has 0 spiro atoms. The number of benzene rings is 4. The predicted octanol–water partition coefficient (Wildman–Crippen LogP) is 3.82. The molecule has 1 saturated heterocycles. The Morgan fingerprint density at radius 2 is 1.70 bits per heavy atom. The minimum Gasteiger partial charge on any atom is -0.505 e. The van der Waals surface area contributed by atoms with Gasteiger partial charge in [-0.15, -0.1) is 11.8 Å². The smallest absolute Gasteiger partial charge is 0.241 e. The third-order valence-corrected chi connectivity index (χ3v) is 9.36. The van der Waals surface area contributed by atoms with E-state index in [2.05, 4.69) is 17.2 Å². The normalized spacial score (nSPS) is 15.2. The standard InChI is InChI=1S/C37H33BN2O9S/c1-3-49-28-18-22(10-14-27(28)48-2)15-16-39-30(42)19-29-36(47)40(25-6-4-5-23(17-25)20-41)37(50-29)24-11-7-21(8-12-24)9-13-26-32(43)34(45)31(38)35(46)33(26)44/h4-8,10-12,14,17-18,20,29,37,43-46H,3,15-16,19H2,1-2H3,(H,39,42)/t29-,37+/m1/s1. The first-order chi connectivity index (χ1) is 24.1. The number of thioether (sulfide) groups is 1. The van der Waals surface area contributed by atoms with Gasteiger partial charge in [0, 0.05) is 29.8 Å². The van der Waals surface area contributed by atoms with Gasteiger partial charge in [-0.05, 0) is 66.3 Å². The number of anilines is 1. The van der Waals surface area contributed by atoms with Crippen molar-refractivity contribution in [3.8, 4) is 46.3 Å². The zero-order valence-corrected chi connectivity index (χ0v) is 28.0. The van der Waals surface area contributed by atoms with Gasteiger partial charge in [0.1, 0.15) is 25.1 Å². The van der Waals surface area contributed by atoms with Gasteiger partial charge in [-0.1, -0.05) is 42.2 Å². The highest BCUT2D eigenvalue weighted by atomic mass is 32.2. The first-order valence-electron chi connectivity index (χ1n) is 15.5. The zero-order valence-electron chi connectivity index (χ0n) is 27.2. The summed E-state index contributed by atoms with van der Waals surface area (Å²) in [5.74, 6) is 2.80. The second-order valence-electron chi connectivity index (χ2n) is 11.2. The molecule has 50 heavy (non-hydrogen) atoms. The van der Waals surface area contributed by atoms with Crippen molar-refractivity contribution in [1.29, 1.82) is 0 Å². The van der Waals surface area contributed by atoms with Crippen molar-refractivity contribution in [3.63, 3.8) is 0 Å². The van der Waals surface area contributed by atoms with E-state index in [0.29, 0.717) is 59.7 Å². The van der Waals surface area contributed by atoms with Crippen LogP contribution in [-0.2, 0) is 16.0 Å². The van der Waals surface area contributed by atoms with E-state index in [1.807, 2.05) is 25.1 Å². The Bertz CT molecular complexity index is 1960. The average Bonchev–Trinajstić information content (AvgIpc) is 3.45. The number of methoxy groups -OCH3 is 1. The van der Waals surface area contributed by atoms with Crippen molar-refractivity contribution >= 4 is 48.9 Å². The van der Waals surface area contributed by atoms with Crippen LogP contribution < -0.4 is 25.2 Å². The van der Waals surface area contributed by atoms with Crippen LogP contribution in [0, 0.1) is 11.8 Å². The monoisotopic (exact) mass is 692 g/mol. The lowest BCUT2D eigenvalue weighted by atomic mass is 9.91. The van der Waals surface area contributed by atoms with E-state index in [9.17, 15) is 34.8 Å². The maximum Gasteiger partial charge on any atom is 0.241 e. The van der Waals surface area contributed by atoms with Crippen LogP contribution >= 0.6 is 11.8 Å². The highest BCUT2D eigenvalue weighted by Crippen LogP contribution is 2.47. The van der Waals surface area contributed by atoms with E-state index in [0.717, 1.165) is 5.56 Å². The summed E-state index contributed by atoms with van der Waals surface area (Å²) in [7, 11) is 7.04. The summed E-state index contributed by atoms with van der Waals surface area (Å²) in [6, 6.07) is 19.1. The molecule has 2 atom stereocenters. The number of hydrogen-bond acceptors (Lipinski definition) is 10. The number of nitrogens with one attached hydrogen (secondary N) is 1. The summed E-state index contributed by atoms with van der Waals surface area (Å²) in [4.78, 5) is 40.0. The largest absolute Gasteiger partial charge is 0.505 e. The molecular weight excluding hydrogens is 659 g/mol. The molecule has 1 heterocycles.